The van der Waals surface area contributed by atoms with Gasteiger partial charge in [0, 0.05) is 12.8 Å². The fraction of sp³-hybridized carbons (Fsp3) is 0.844. The zero-order chi connectivity index (χ0) is 45.7. The Morgan fingerprint density at radius 3 is 1.71 bits per heavy atom. The standard InChI is InChI=1S/C45H79FN5O11P/c1-3-5-7-9-11-13-15-17-19-21-23-25-27-29-37(52)58-31-35(61-38(53)30-28-26-24-22-20-18-16-14-12-10-8-6-4-2)32-59-63(56,57)60-33-36-40(54)41(55)44(62-36)51-34-48-39-42(47)49-45(46)50-43(39)51/h34-36,40-41,44,54-55H,3-33H2,1-2H3,(H,56,57)(H2,47,49,50)/t35-,36-,40-,41+,44-/m1/s1. The summed E-state index contributed by atoms with van der Waals surface area (Å²) in [6, 6.07) is 0. The summed E-state index contributed by atoms with van der Waals surface area (Å²) >= 11 is 0. The van der Waals surface area contributed by atoms with Crippen molar-refractivity contribution in [2.24, 2.45) is 0 Å². The second kappa shape index (κ2) is 32.0. The molecule has 0 aliphatic carbocycles. The Bertz CT molecular complexity index is 1610. The highest BCUT2D eigenvalue weighted by Gasteiger charge is 2.45. The van der Waals surface area contributed by atoms with Crippen LogP contribution in [0.15, 0.2) is 6.33 Å². The molecule has 0 aromatic carbocycles. The highest BCUT2D eigenvalue weighted by Crippen LogP contribution is 2.45. The molecule has 1 aliphatic rings. The van der Waals surface area contributed by atoms with Crippen molar-refractivity contribution in [2.75, 3.05) is 25.6 Å². The number of fused-ring (bicyclic) bond motifs is 1. The monoisotopic (exact) mass is 916 g/mol. The van der Waals surface area contributed by atoms with Crippen LogP contribution >= 0.6 is 7.82 Å². The van der Waals surface area contributed by atoms with Gasteiger partial charge in [-0.2, -0.15) is 14.4 Å². The van der Waals surface area contributed by atoms with Crippen LogP contribution in [0.3, 0.4) is 0 Å². The molecule has 16 nitrogen and oxygen atoms in total. The van der Waals surface area contributed by atoms with E-state index in [2.05, 4.69) is 28.8 Å². The summed E-state index contributed by atoms with van der Waals surface area (Å²) in [7, 11) is -4.87. The topological polar surface area (TPSA) is 228 Å². The third-order valence-corrected chi connectivity index (χ3v) is 12.5. The van der Waals surface area contributed by atoms with Gasteiger partial charge in [0.1, 0.15) is 24.9 Å². The summed E-state index contributed by atoms with van der Waals surface area (Å²) in [5.41, 5.74) is 5.66. The van der Waals surface area contributed by atoms with Crippen LogP contribution in [0.2, 0.25) is 0 Å². The van der Waals surface area contributed by atoms with Gasteiger partial charge >= 0.3 is 25.8 Å². The number of hydrogen-bond acceptors (Lipinski definition) is 14. The lowest BCUT2D eigenvalue weighted by atomic mass is 10.0. The van der Waals surface area contributed by atoms with Crippen LogP contribution in [0, 0.1) is 6.08 Å². The molecule has 1 unspecified atom stereocenters. The van der Waals surface area contributed by atoms with E-state index in [9.17, 15) is 33.7 Å². The number of phosphoric ester groups is 1. The van der Waals surface area contributed by atoms with Crippen molar-refractivity contribution in [3.05, 3.63) is 12.4 Å². The number of nitrogens with zero attached hydrogens (tertiary/aromatic N) is 4. The van der Waals surface area contributed by atoms with E-state index in [0.29, 0.717) is 12.8 Å². The number of carbonyl (C=O) groups is 2. The Kier molecular flexibility index (Phi) is 27.7. The fourth-order valence-corrected chi connectivity index (χ4v) is 8.53. The first-order valence-electron chi connectivity index (χ1n) is 24.1. The van der Waals surface area contributed by atoms with Gasteiger partial charge in [0.05, 0.1) is 19.5 Å². The molecule has 6 atom stereocenters. The van der Waals surface area contributed by atoms with Gasteiger partial charge in [-0.1, -0.05) is 168 Å². The largest absolute Gasteiger partial charge is 0.472 e. The molecule has 1 fully saturated rings. The Morgan fingerprint density at radius 2 is 1.21 bits per heavy atom. The number of aromatic nitrogens is 4. The van der Waals surface area contributed by atoms with Crippen LogP contribution in [-0.2, 0) is 37.4 Å². The van der Waals surface area contributed by atoms with E-state index < -0.39 is 69.7 Å². The number of nitrogens with two attached hydrogens (primary N) is 1. The average molecular weight is 916 g/mol. The van der Waals surface area contributed by atoms with Crippen LogP contribution in [-0.4, -0.2) is 90.8 Å². The fourth-order valence-electron chi connectivity index (χ4n) is 7.77. The summed E-state index contributed by atoms with van der Waals surface area (Å²) in [6.07, 6.45) is 23.7. The highest BCUT2D eigenvalue weighted by molar-refractivity contribution is 7.47. The van der Waals surface area contributed by atoms with Gasteiger partial charge in [0.15, 0.2) is 29.3 Å². The second-order valence-corrected chi connectivity index (χ2v) is 18.5. The Balaban J connectivity index is 1.41. The van der Waals surface area contributed by atoms with Crippen LogP contribution in [0.1, 0.15) is 200 Å². The van der Waals surface area contributed by atoms with Crippen LogP contribution < -0.4 is 5.73 Å². The number of aliphatic hydroxyl groups excluding tert-OH is 2. The third-order valence-electron chi connectivity index (χ3n) is 11.6. The number of phosphoric acid groups is 1. The number of nitrogen functional groups attached to an aromatic ring is 1. The zero-order valence-electron chi connectivity index (χ0n) is 38.2. The Hall–Kier alpha value is -2.79. The summed E-state index contributed by atoms with van der Waals surface area (Å²) in [5.74, 6) is -1.26. The number of rotatable bonds is 38. The van der Waals surface area contributed by atoms with Gasteiger partial charge in [-0.15, -0.1) is 0 Å². The van der Waals surface area contributed by atoms with E-state index >= 15 is 0 Å². The predicted molar refractivity (Wildman–Crippen MR) is 239 cm³/mol. The number of esters is 2. The van der Waals surface area contributed by atoms with Crippen LogP contribution in [0.5, 0.6) is 0 Å². The average Bonchev–Trinajstić information content (AvgIpc) is 3.80. The number of anilines is 1. The first kappa shape index (κ1) is 54.5. The van der Waals surface area contributed by atoms with E-state index in [1.54, 1.807) is 0 Å². The molecule has 5 N–H and O–H groups in total. The van der Waals surface area contributed by atoms with E-state index in [4.69, 9.17) is 29.0 Å². The molecule has 1 saturated heterocycles. The Labute approximate surface area is 374 Å². The van der Waals surface area contributed by atoms with E-state index in [1.807, 2.05) is 0 Å². The summed E-state index contributed by atoms with van der Waals surface area (Å²) < 4.78 is 55.0. The van der Waals surface area contributed by atoms with Gasteiger partial charge in [-0.25, -0.2) is 9.55 Å². The number of hydrogen-bond donors (Lipinski definition) is 4. The quantitative estimate of drug-likeness (QED) is 0.0213. The molecule has 0 bridgehead atoms. The van der Waals surface area contributed by atoms with Crippen molar-refractivity contribution < 1.29 is 56.9 Å². The maximum Gasteiger partial charge on any atom is 0.472 e. The van der Waals surface area contributed by atoms with Crippen molar-refractivity contribution in [3.8, 4) is 0 Å². The minimum Gasteiger partial charge on any atom is -0.462 e. The molecule has 2 aromatic heterocycles. The third kappa shape index (κ3) is 22.3. The summed E-state index contributed by atoms with van der Waals surface area (Å²) in [5, 5.41) is 21.4. The minimum atomic E-state index is -4.87. The number of unbranched alkanes of at least 4 members (excludes halogenated alkanes) is 24. The maximum atomic E-state index is 13.9. The lowest BCUT2D eigenvalue weighted by Crippen LogP contribution is -2.34. The zero-order valence-corrected chi connectivity index (χ0v) is 39.1. The molecule has 0 saturated carbocycles. The number of imidazole rings is 1. The predicted octanol–water partition coefficient (Wildman–Crippen LogP) is 9.72. The second-order valence-electron chi connectivity index (χ2n) is 17.1. The van der Waals surface area contributed by atoms with Gasteiger partial charge in [0.25, 0.3) is 0 Å². The summed E-state index contributed by atoms with van der Waals surface area (Å²) in [6.45, 7) is 2.74. The lowest BCUT2D eigenvalue weighted by molar-refractivity contribution is -0.161. The van der Waals surface area contributed by atoms with E-state index in [-0.39, 0.29) is 36.4 Å². The first-order valence-corrected chi connectivity index (χ1v) is 25.6. The molecule has 0 spiro atoms. The number of carbonyl (C=O) groups excluding carboxylic acids is 2. The molecule has 0 amide bonds. The Morgan fingerprint density at radius 1 is 0.730 bits per heavy atom. The minimum absolute atomic E-state index is 0.0412. The van der Waals surface area contributed by atoms with Crippen molar-refractivity contribution >= 4 is 36.7 Å². The molecule has 1 aliphatic heterocycles. The molecular formula is C45H79FN5O11P. The maximum absolute atomic E-state index is 13.9. The molecule has 2 aromatic rings. The van der Waals surface area contributed by atoms with Crippen molar-refractivity contribution in [1.82, 2.24) is 19.5 Å². The molecule has 362 valence electrons. The number of ether oxygens (including phenoxy) is 3. The van der Waals surface area contributed by atoms with Gasteiger partial charge < -0.3 is 35.1 Å². The normalized spacial score (nSPS) is 19.1. The summed E-state index contributed by atoms with van der Waals surface area (Å²) in [4.78, 5) is 47.1. The molecule has 3 heterocycles. The van der Waals surface area contributed by atoms with E-state index in [0.717, 1.165) is 43.1 Å². The van der Waals surface area contributed by atoms with Crippen LogP contribution in [0.4, 0.5) is 10.2 Å². The lowest BCUT2D eigenvalue weighted by Gasteiger charge is -2.21. The van der Waals surface area contributed by atoms with Crippen LogP contribution in [0.25, 0.3) is 11.2 Å². The molecular weight excluding hydrogens is 836 g/mol. The van der Waals surface area contributed by atoms with Crippen molar-refractivity contribution in [3.63, 3.8) is 0 Å². The molecule has 3 rings (SSSR count). The van der Waals surface area contributed by atoms with E-state index in [1.165, 1.54) is 122 Å². The molecule has 0 radical (unpaired) electrons. The highest BCUT2D eigenvalue weighted by atomic mass is 31.2. The molecule has 18 heteroatoms. The smallest absolute Gasteiger partial charge is 0.462 e. The number of aliphatic hydroxyl groups is 2. The molecule has 63 heavy (non-hydrogen) atoms. The van der Waals surface area contributed by atoms with Gasteiger partial charge in [0.2, 0.25) is 0 Å². The van der Waals surface area contributed by atoms with Gasteiger partial charge in [-0.3, -0.25) is 23.2 Å². The van der Waals surface area contributed by atoms with Crippen molar-refractivity contribution in [1.29, 1.82) is 0 Å². The first-order chi connectivity index (χ1) is 30.5. The number of halogens is 1. The van der Waals surface area contributed by atoms with Gasteiger partial charge in [-0.05, 0) is 12.8 Å². The van der Waals surface area contributed by atoms with Crippen molar-refractivity contribution in [2.45, 2.75) is 224 Å². The SMILES string of the molecule is CCCCCCCCCCCCCCCC(=O)OC[C@H](COP(=O)(O)OC[C@H]1O[C@@H](n2cnc3c(N)nc(F)nc32)[C@@H](O)[C@@H]1O)OC(=O)CCCCCCCCCCCCCCC.